The van der Waals surface area contributed by atoms with E-state index in [9.17, 15) is 0 Å². The Morgan fingerprint density at radius 2 is 2.22 bits per heavy atom. The Kier molecular flexibility index (Phi) is 2.83. The average Bonchev–Trinajstić information content (AvgIpc) is 1.90. The molecule has 0 fully saturated rings. The van der Waals surface area contributed by atoms with Gasteiger partial charge in [0.25, 0.3) is 0 Å². The van der Waals surface area contributed by atoms with Gasteiger partial charge in [-0.2, -0.15) is 0 Å². The molecule has 0 heterocycles. The molecule has 2 radical (unpaired) electrons. The maximum atomic E-state index is 5.56. The van der Waals surface area contributed by atoms with Crippen LogP contribution in [0.5, 0.6) is 0 Å². The Morgan fingerprint density at radius 1 is 1.44 bits per heavy atom. The van der Waals surface area contributed by atoms with E-state index in [1.807, 2.05) is 0 Å². The molecule has 0 amide bonds. The number of allylic oxidation sites excluding steroid dienone is 4. The van der Waals surface area contributed by atoms with Crippen LogP contribution in [0.1, 0.15) is 19.8 Å². The summed E-state index contributed by atoms with van der Waals surface area (Å²) in [5.74, 6) is 0. The maximum absolute atomic E-state index is 5.56. The van der Waals surface area contributed by atoms with Gasteiger partial charge in [-0.25, -0.2) is 0 Å². The molecule has 1 aliphatic rings. The van der Waals surface area contributed by atoms with E-state index in [2.05, 4.69) is 19.1 Å². The van der Waals surface area contributed by atoms with Crippen LogP contribution in [0.25, 0.3) is 0 Å². The molecule has 0 saturated heterocycles. The van der Waals surface area contributed by atoms with Crippen molar-refractivity contribution in [3.63, 3.8) is 0 Å². The van der Waals surface area contributed by atoms with Gasteiger partial charge in [0.2, 0.25) is 0 Å². The molecule has 0 nitrogen and oxygen atoms in total. The van der Waals surface area contributed by atoms with Crippen LogP contribution in [-0.4, -0.2) is 5.70 Å². The van der Waals surface area contributed by atoms with Gasteiger partial charge in [-0.05, 0) is 0 Å². The second-order valence-corrected chi connectivity index (χ2v) is 4.24. The predicted octanol–water partition coefficient (Wildman–Crippen LogP) is -1.22. The van der Waals surface area contributed by atoms with Crippen molar-refractivity contribution in [2.45, 2.75) is 19.8 Å². The van der Waals surface area contributed by atoms with E-state index in [1.54, 1.807) is 0 Å². The number of hydrogen-bond donors (Lipinski definition) is 0. The third-order valence-corrected chi connectivity index (χ3v) is 3.15. The van der Waals surface area contributed by atoms with E-state index < -0.39 is 0 Å². The molecular weight excluding hydrogens is 222 g/mol. The number of halogens is 1. The van der Waals surface area contributed by atoms with Gasteiger partial charge in [0.15, 0.2) is 0 Å². The predicted molar refractivity (Wildman–Crippen MR) is 36.8 cm³/mol. The first-order valence-corrected chi connectivity index (χ1v) is 5.35. The van der Waals surface area contributed by atoms with E-state index in [1.165, 1.54) is 22.0 Å². The number of hydrogen-bond acceptors (Lipinski definition) is 0. The monoisotopic (exact) mass is 231 g/mol. The van der Waals surface area contributed by atoms with Crippen LogP contribution in [-0.2, 0) is 0 Å². The van der Waals surface area contributed by atoms with Crippen LogP contribution in [0.3, 0.4) is 0 Å². The zero-order chi connectivity index (χ0) is 6.69. The van der Waals surface area contributed by atoms with E-state index in [4.69, 9.17) is 5.70 Å². The van der Waals surface area contributed by atoms with Gasteiger partial charge < -0.3 is 0 Å². The first-order valence-electron chi connectivity index (χ1n) is 3.02. The third kappa shape index (κ3) is 2.16. The molecule has 48 valence electrons. The SMILES string of the molecule is [B][I-]C1=CC=C(C)CC1. The van der Waals surface area contributed by atoms with Crippen LogP contribution in [0, 0.1) is 0 Å². The fourth-order valence-corrected chi connectivity index (χ4v) is 1.78. The molecule has 0 saturated carbocycles. The molecule has 0 spiro atoms. The van der Waals surface area contributed by atoms with Gasteiger partial charge in [-0.3, -0.25) is 0 Å². The standard InChI is InChI=1S/C7H9BI/c1-6-2-4-7(9-8)5-3-6/h2,4H,3,5H2,1H3/q-1. The van der Waals surface area contributed by atoms with Gasteiger partial charge >= 0.3 is 67.8 Å². The molecule has 1 aliphatic carbocycles. The fourth-order valence-electron chi connectivity index (χ4n) is 0.807. The minimum atomic E-state index is -0.117. The molecule has 9 heavy (non-hydrogen) atoms. The van der Waals surface area contributed by atoms with E-state index in [0.29, 0.717) is 0 Å². The summed E-state index contributed by atoms with van der Waals surface area (Å²) in [4.78, 5) is 0. The van der Waals surface area contributed by atoms with Gasteiger partial charge in [0, 0.05) is 0 Å². The molecular formula is C7H9BI-. The average molecular weight is 231 g/mol. The normalized spacial score (nSPS) is 19.2. The quantitative estimate of drug-likeness (QED) is 0.392. The van der Waals surface area contributed by atoms with Crippen LogP contribution >= 0.6 is 0 Å². The van der Waals surface area contributed by atoms with Gasteiger partial charge in [0.1, 0.15) is 0 Å². The second kappa shape index (κ2) is 3.45. The molecule has 2 heteroatoms. The van der Waals surface area contributed by atoms with Crippen molar-refractivity contribution >= 4 is 5.70 Å². The van der Waals surface area contributed by atoms with Gasteiger partial charge in [-0.1, -0.05) is 0 Å². The molecule has 0 aromatic carbocycles. The van der Waals surface area contributed by atoms with Crippen molar-refractivity contribution in [2.75, 3.05) is 0 Å². The molecule has 0 aromatic rings. The summed E-state index contributed by atoms with van der Waals surface area (Å²) in [7, 11) is 0. The Balaban J connectivity index is 2.59. The van der Waals surface area contributed by atoms with E-state index in [0.717, 1.165) is 0 Å². The molecule has 1 rings (SSSR count). The van der Waals surface area contributed by atoms with Crippen LogP contribution < -0.4 is 21.0 Å². The third-order valence-electron chi connectivity index (χ3n) is 1.45. The zero-order valence-electron chi connectivity index (χ0n) is 5.52. The van der Waals surface area contributed by atoms with Crippen molar-refractivity contribution < 1.29 is 21.0 Å². The summed E-state index contributed by atoms with van der Waals surface area (Å²) in [5.41, 5.74) is 7.04. The summed E-state index contributed by atoms with van der Waals surface area (Å²) in [5, 5.41) is 0. The summed E-state index contributed by atoms with van der Waals surface area (Å²) >= 11 is -0.117. The molecule has 0 aliphatic heterocycles. The Labute approximate surface area is 67.8 Å². The van der Waals surface area contributed by atoms with E-state index >= 15 is 0 Å². The second-order valence-electron chi connectivity index (χ2n) is 2.24. The summed E-state index contributed by atoms with van der Waals surface area (Å²) in [6.45, 7) is 2.17. The number of rotatable bonds is 1. The van der Waals surface area contributed by atoms with Crippen molar-refractivity contribution in [2.24, 2.45) is 0 Å². The van der Waals surface area contributed by atoms with Crippen molar-refractivity contribution in [3.8, 4) is 0 Å². The Morgan fingerprint density at radius 3 is 2.67 bits per heavy atom. The molecule has 0 atom stereocenters. The van der Waals surface area contributed by atoms with Gasteiger partial charge in [-0.15, -0.1) is 0 Å². The summed E-state index contributed by atoms with van der Waals surface area (Å²) < 4.78 is 1.49. The molecule has 0 bridgehead atoms. The van der Waals surface area contributed by atoms with Crippen molar-refractivity contribution in [1.29, 1.82) is 0 Å². The van der Waals surface area contributed by atoms with Crippen LogP contribution in [0.2, 0.25) is 0 Å². The Bertz CT molecular complexity index is 158. The Hall–Kier alpha value is 0.275. The fraction of sp³-hybridized carbons (Fsp3) is 0.429. The van der Waals surface area contributed by atoms with Crippen LogP contribution in [0.4, 0.5) is 0 Å². The van der Waals surface area contributed by atoms with Crippen molar-refractivity contribution in [1.82, 2.24) is 0 Å². The molecule has 0 N–H and O–H groups in total. The topological polar surface area (TPSA) is 0 Å². The summed E-state index contributed by atoms with van der Waals surface area (Å²) in [6.07, 6.45) is 6.81. The molecule has 0 aromatic heterocycles. The van der Waals surface area contributed by atoms with E-state index in [-0.39, 0.29) is 21.0 Å². The molecule has 0 unspecified atom stereocenters. The summed E-state index contributed by atoms with van der Waals surface area (Å²) in [6, 6.07) is 0. The zero-order valence-corrected chi connectivity index (χ0v) is 7.68. The first kappa shape index (κ1) is 7.38. The first-order chi connectivity index (χ1) is 4.33. The van der Waals surface area contributed by atoms with Crippen molar-refractivity contribution in [3.05, 3.63) is 21.3 Å². The van der Waals surface area contributed by atoms with Gasteiger partial charge in [0.05, 0.1) is 0 Å². The minimum absolute atomic E-state index is 0.117. The van der Waals surface area contributed by atoms with Crippen LogP contribution in [0.15, 0.2) is 21.3 Å².